The van der Waals surface area contributed by atoms with Crippen molar-refractivity contribution in [1.82, 2.24) is 16.0 Å². The number of benzene rings is 1. The molecule has 9 nitrogen and oxygen atoms in total. The molecule has 1 aliphatic rings. The van der Waals surface area contributed by atoms with E-state index >= 15 is 0 Å². The molecule has 0 fully saturated rings. The smallest absolute Gasteiger partial charge is 0.233 e. The topological polar surface area (TPSA) is 126 Å². The molecule has 0 spiro atoms. The maximum atomic E-state index is 12.8. The van der Waals surface area contributed by atoms with Gasteiger partial charge in [-0.25, -0.2) is 0 Å². The highest BCUT2D eigenvalue weighted by atomic mass is 16.5. The predicted molar refractivity (Wildman–Crippen MR) is 126 cm³/mol. The van der Waals surface area contributed by atoms with E-state index in [-0.39, 0.29) is 18.1 Å². The van der Waals surface area contributed by atoms with Crippen LogP contribution in [0.2, 0.25) is 0 Å². The molecule has 180 valence electrons. The van der Waals surface area contributed by atoms with Crippen molar-refractivity contribution < 1.29 is 23.9 Å². The molecule has 33 heavy (non-hydrogen) atoms. The van der Waals surface area contributed by atoms with Gasteiger partial charge in [-0.15, -0.1) is 0 Å². The number of rotatable bonds is 13. The zero-order valence-corrected chi connectivity index (χ0v) is 19.4. The molecule has 1 aromatic carbocycles. The van der Waals surface area contributed by atoms with E-state index in [9.17, 15) is 19.2 Å². The number of ketones is 1. The number of Topliss-reactive ketones (excluding diaryl/α,β-unsaturated/α-hetero) is 1. The van der Waals surface area contributed by atoms with Gasteiger partial charge in [-0.3, -0.25) is 19.2 Å². The Morgan fingerprint density at radius 3 is 2.33 bits per heavy atom. The Balaban J connectivity index is 1.69. The summed E-state index contributed by atoms with van der Waals surface area (Å²) in [4.78, 5) is 47.6. The fourth-order valence-electron chi connectivity index (χ4n) is 3.53. The molecule has 4 N–H and O–H groups in total. The van der Waals surface area contributed by atoms with Crippen molar-refractivity contribution in [2.45, 2.75) is 45.4 Å². The summed E-state index contributed by atoms with van der Waals surface area (Å²) >= 11 is 0. The van der Waals surface area contributed by atoms with Gasteiger partial charge in [0.2, 0.25) is 17.7 Å². The second kappa shape index (κ2) is 14.1. The van der Waals surface area contributed by atoms with Gasteiger partial charge < -0.3 is 26.0 Å². The first-order valence-electron chi connectivity index (χ1n) is 11.3. The number of hydrogen-bond acceptors (Lipinski definition) is 6. The maximum absolute atomic E-state index is 12.8. The molecule has 1 aromatic rings. The van der Waals surface area contributed by atoms with Gasteiger partial charge in [-0.2, -0.15) is 0 Å². The zero-order valence-electron chi connectivity index (χ0n) is 19.4. The van der Waals surface area contributed by atoms with Crippen molar-refractivity contribution in [2.24, 2.45) is 0 Å². The average molecular weight is 459 g/mol. The van der Waals surface area contributed by atoms with E-state index in [1.54, 1.807) is 24.3 Å². The molecule has 0 heterocycles. The Morgan fingerprint density at radius 1 is 0.909 bits per heavy atom. The van der Waals surface area contributed by atoms with Crippen LogP contribution in [0.3, 0.4) is 0 Å². The summed E-state index contributed by atoms with van der Waals surface area (Å²) in [5, 5.41) is 11.1. The molecule has 3 amide bonds. The van der Waals surface area contributed by atoms with E-state index < -0.39 is 11.8 Å². The van der Waals surface area contributed by atoms with E-state index in [4.69, 9.17) is 4.74 Å². The van der Waals surface area contributed by atoms with Gasteiger partial charge in [0.15, 0.2) is 5.78 Å². The molecule has 0 atom stereocenters. The Morgan fingerprint density at radius 2 is 1.64 bits per heavy atom. The Kier molecular flexibility index (Phi) is 11.1. The molecule has 1 aliphatic carbocycles. The van der Waals surface area contributed by atoms with Crippen LogP contribution in [0, 0.1) is 0 Å². The van der Waals surface area contributed by atoms with E-state index in [1.807, 2.05) is 7.05 Å². The monoisotopic (exact) mass is 458 g/mol. The summed E-state index contributed by atoms with van der Waals surface area (Å²) in [6, 6.07) is 6.72. The lowest BCUT2D eigenvalue weighted by Gasteiger charge is -2.19. The molecule has 0 aliphatic heterocycles. The lowest BCUT2D eigenvalue weighted by atomic mass is 9.90. The second-order valence-corrected chi connectivity index (χ2v) is 7.84. The van der Waals surface area contributed by atoms with E-state index in [0.717, 1.165) is 37.0 Å². The van der Waals surface area contributed by atoms with Crippen LogP contribution in [0.4, 0.5) is 5.69 Å². The molecule has 9 heteroatoms. The van der Waals surface area contributed by atoms with Crippen molar-refractivity contribution in [3.8, 4) is 0 Å². The van der Waals surface area contributed by atoms with Crippen LogP contribution >= 0.6 is 0 Å². The highest BCUT2D eigenvalue weighted by Crippen LogP contribution is 2.26. The Hall–Kier alpha value is -3.20. The minimum Gasteiger partial charge on any atom is -0.391 e. The summed E-state index contributed by atoms with van der Waals surface area (Å²) in [7, 11) is 1.84. The standard InChI is InChI=1S/C24H34N4O5/c1-17(29)26-12-5-14-33-15-13-27-22(30)16-23(31)28-19-10-8-18(9-11-19)24(32)20-6-3-4-7-21(20)25-2/h8-11,25H,3-7,12-16H2,1-2H3,(H,26,29)(H,27,30)(H,28,31). The largest absolute Gasteiger partial charge is 0.391 e. The van der Waals surface area contributed by atoms with E-state index in [2.05, 4.69) is 21.3 Å². The molecule has 0 aromatic heterocycles. The molecule has 2 rings (SSSR count). The van der Waals surface area contributed by atoms with Crippen molar-refractivity contribution in [1.29, 1.82) is 0 Å². The lowest BCUT2D eigenvalue weighted by Crippen LogP contribution is -2.31. The Labute approximate surface area is 194 Å². The minimum atomic E-state index is -0.435. The third kappa shape index (κ3) is 9.44. The van der Waals surface area contributed by atoms with Crippen LogP contribution in [0.25, 0.3) is 0 Å². The van der Waals surface area contributed by atoms with Gasteiger partial charge in [0.1, 0.15) is 6.42 Å². The van der Waals surface area contributed by atoms with Gasteiger partial charge in [0.25, 0.3) is 0 Å². The summed E-state index contributed by atoms with van der Waals surface area (Å²) < 4.78 is 5.35. The molecule has 0 saturated carbocycles. The van der Waals surface area contributed by atoms with Crippen LogP contribution in [0.5, 0.6) is 0 Å². The number of carbonyl (C=O) groups excluding carboxylic acids is 4. The van der Waals surface area contributed by atoms with Gasteiger partial charge in [0.05, 0.1) is 6.61 Å². The third-order valence-electron chi connectivity index (χ3n) is 5.20. The average Bonchev–Trinajstić information content (AvgIpc) is 2.80. The van der Waals surface area contributed by atoms with Crippen LogP contribution < -0.4 is 21.3 Å². The fourth-order valence-corrected chi connectivity index (χ4v) is 3.53. The summed E-state index contributed by atoms with van der Waals surface area (Å²) in [5.41, 5.74) is 2.93. The number of carbonyl (C=O) groups is 4. The summed E-state index contributed by atoms with van der Waals surface area (Å²) in [6.45, 7) is 3.11. The molecular formula is C24H34N4O5. The van der Waals surface area contributed by atoms with E-state index in [1.165, 1.54) is 6.92 Å². The number of amides is 3. The highest BCUT2D eigenvalue weighted by Gasteiger charge is 2.20. The third-order valence-corrected chi connectivity index (χ3v) is 5.20. The van der Waals surface area contributed by atoms with Crippen molar-refractivity contribution in [3.05, 3.63) is 41.1 Å². The molecule has 0 saturated heterocycles. The SMILES string of the molecule is CNC1=C(C(=O)c2ccc(NC(=O)CC(=O)NCCOCCCNC(C)=O)cc2)CCCC1. The number of nitrogens with one attached hydrogen (secondary N) is 4. The molecule has 0 radical (unpaired) electrons. The first-order valence-corrected chi connectivity index (χ1v) is 11.3. The Bertz CT molecular complexity index is 864. The van der Waals surface area contributed by atoms with Gasteiger partial charge in [-0.1, -0.05) is 0 Å². The predicted octanol–water partition coefficient (Wildman–Crippen LogP) is 1.90. The number of ether oxygens (including phenoxy) is 1. The number of hydrogen-bond donors (Lipinski definition) is 4. The van der Waals surface area contributed by atoms with Crippen LogP contribution in [-0.4, -0.2) is 56.9 Å². The van der Waals surface area contributed by atoms with Crippen molar-refractivity contribution in [2.75, 3.05) is 38.7 Å². The van der Waals surface area contributed by atoms with Crippen LogP contribution in [0.1, 0.15) is 55.8 Å². The van der Waals surface area contributed by atoms with Crippen molar-refractivity contribution >= 4 is 29.2 Å². The summed E-state index contributed by atoms with van der Waals surface area (Å²) in [6.07, 6.45) is 4.13. The summed E-state index contributed by atoms with van der Waals surface area (Å²) in [5.74, 6) is -0.904. The fraction of sp³-hybridized carbons (Fsp3) is 0.500. The van der Waals surface area contributed by atoms with Gasteiger partial charge in [-0.05, 0) is 56.4 Å². The number of anilines is 1. The minimum absolute atomic E-state index is 0.00800. The van der Waals surface area contributed by atoms with Crippen LogP contribution in [0.15, 0.2) is 35.5 Å². The lowest BCUT2D eigenvalue weighted by molar-refractivity contribution is -0.127. The zero-order chi connectivity index (χ0) is 24.1. The molecule has 0 bridgehead atoms. The van der Waals surface area contributed by atoms with Crippen molar-refractivity contribution in [3.63, 3.8) is 0 Å². The number of allylic oxidation sites excluding steroid dienone is 2. The van der Waals surface area contributed by atoms with Crippen LogP contribution in [-0.2, 0) is 19.1 Å². The van der Waals surface area contributed by atoms with Gasteiger partial charge in [0, 0.05) is 56.2 Å². The molecule has 0 unspecified atom stereocenters. The normalized spacial score (nSPS) is 13.3. The van der Waals surface area contributed by atoms with E-state index in [0.29, 0.717) is 44.0 Å². The highest BCUT2D eigenvalue weighted by molar-refractivity contribution is 6.09. The van der Waals surface area contributed by atoms with Gasteiger partial charge >= 0.3 is 0 Å². The molecular weight excluding hydrogens is 424 g/mol. The first-order chi connectivity index (χ1) is 15.9. The maximum Gasteiger partial charge on any atom is 0.233 e. The first kappa shape index (κ1) is 26.1. The second-order valence-electron chi connectivity index (χ2n) is 7.84. The quantitative estimate of drug-likeness (QED) is 0.203.